The Hall–Kier alpha value is -2.22. The van der Waals surface area contributed by atoms with Crippen molar-refractivity contribution in [1.29, 1.82) is 0 Å². The van der Waals surface area contributed by atoms with Crippen LogP contribution in [-0.2, 0) is 11.0 Å². The van der Waals surface area contributed by atoms with Crippen LogP contribution in [-0.4, -0.2) is 29.7 Å². The monoisotopic (exact) mass is 381 g/mol. The SMILES string of the molecule is O=C(CSc1ccccn1)Nc1ccc(C(F)(F)F)cc1N1CCCC1. The van der Waals surface area contributed by atoms with E-state index in [4.69, 9.17) is 0 Å². The molecule has 1 N–H and O–H groups in total. The zero-order valence-corrected chi connectivity index (χ0v) is 14.7. The summed E-state index contributed by atoms with van der Waals surface area (Å²) in [7, 11) is 0. The highest BCUT2D eigenvalue weighted by Crippen LogP contribution is 2.37. The Kier molecular flexibility index (Phi) is 5.70. The summed E-state index contributed by atoms with van der Waals surface area (Å²) in [6.45, 7) is 1.37. The Morgan fingerprint density at radius 3 is 2.62 bits per heavy atom. The van der Waals surface area contributed by atoms with Crippen molar-refractivity contribution in [1.82, 2.24) is 4.98 Å². The normalized spacial score (nSPS) is 14.5. The molecule has 2 heterocycles. The van der Waals surface area contributed by atoms with Gasteiger partial charge in [-0.3, -0.25) is 4.79 Å². The second kappa shape index (κ2) is 7.99. The molecule has 0 radical (unpaired) electrons. The van der Waals surface area contributed by atoms with Crippen LogP contribution in [0.2, 0.25) is 0 Å². The Labute approximate surface area is 153 Å². The van der Waals surface area contributed by atoms with E-state index < -0.39 is 11.7 Å². The van der Waals surface area contributed by atoms with E-state index in [2.05, 4.69) is 10.3 Å². The maximum Gasteiger partial charge on any atom is 0.416 e. The van der Waals surface area contributed by atoms with E-state index >= 15 is 0 Å². The van der Waals surface area contributed by atoms with Crippen molar-refractivity contribution < 1.29 is 18.0 Å². The fourth-order valence-corrected chi connectivity index (χ4v) is 3.45. The molecular formula is C18H18F3N3OS. The van der Waals surface area contributed by atoms with Crippen LogP contribution < -0.4 is 10.2 Å². The fraction of sp³-hybridized carbons (Fsp3) is 0.333. The smallest absolute Gasteiger partial charge is 0.370 e. The van der Waals surface area contributed by atoms with Gasteiger partial charge in [0, 0.05) is 19.3 Å². The lowest BCUT2D eigenvalue weighted by Crippen LogP contribution is -2.22. The standard InChI is InChI=1S/C18H18F3N3OS/c19-18(20,21)13-6-7-14(15(11-13)24-9-3-4-10-24)23-16(25)12-26-17-5-1-2-8-22-17/h1-2,5-8,11H,3-4,9-10,12H2,(H,23,25). The van der Waals surface area contributed by atoms with Crippen molar-refractivity contribution in [2.24, 2.45) is 0 Å². The number of hydrogen-bond acceptors (Lipinski definition) is 4. The minimum Gasteiger partial charge on any atom is -0.370 e. The van der Waals surface area contributed by atoms with Crippen molar-refractivity contribution in [2.75, 3.05) is 29.1 Å². The number of halogens is 3. The molecule has 0 atom stereocenters. The van der Waals surface area contributed by atoms with Crippen LogP contribution in [0.3, 0.4) is 0 Å². The largest absolute Gasteiger partial charge is 0.416 e. The molecule has 1 fully saturated rings. The molecule has 0 aliphatic carbocycles. The molecule has 1 aliphatic rings. The molecule has 0 spiro atoms. The third-order valence-corrected chi connectivity index (χ3v) is 4.98. The highest BCUT2D eigenvalue weighted by molar-refractivity contribution is 7.99. The zero-order valence-electron chi connectivity index (χ0n) is 13.9. The van der Waals surface area contributed by atoms with Crippen LogP contribution in [0, 0.1) is 0 Å². The molecule has 3 rings (SSSR count). The number of carbonyl (C=O) groups excluding carboxylic acids is 1. The molecule has 138 valence electrons. The van der Waals surface area contributed by atoms with Crippen molar-refractivity contribution in [3.05, 3.63) is 48.2 Å². The molecule has 1 saturated heterocycles. The first kappa shape index (κ1) is 18.6. The summed E-state index contributed by atoms with van der Waals surface area (Å²) in [5, 5.41) is 3.46. The summed E-state index contributed by atoms with van der Waals surface area (Å²) in [5.41, 5.74) is 0.125. The second-order valence-corrected chi connectivity index (χ2v) is 6.92. The van der Waals surface area contributed by atoms with Crippen molar-refractivity contribution in [3.63, 3.8) is 0 Å². The van der Waals surface area contributed by atoms with Crippen LogP contribution in [0.5, 0.6) is 0 Å². The lowest BCUT2D eigenvalue weighted by Gasteiger charge is -2.23. The number of alkyl halides is 3. The van der Waals surface area contributed by atoms with Gasteiger partial charge in [-0.05, 0) is 43.2 Å². The number of nitrogens with zero attached hydrogens (tertiary/aromatic N) is 2. The van der Waals surface area contributed by atoms with E-state index in [1.54, 1.807) is 18.3 Å². The highest BCUT2D eigenvalue weighted by Gasteiger charge is 2.32. The quantitative estimate of drug-likeness (QED) is 0.779. The minimum absolute atomic E-state index is 0.136. The van der Waals surface area contributed by atoms with Gasteiger partial charge < -0.3 is 10.2 Å². The molecule has 1 aromatic heterocycles. The van der Waals surface area contributed by atoms with Gasteiger partial charge in [0.15, 0.2) is 0 Å². The topological polar surface area (TPSA) is 45.2 Å². The van der Waals surface area contributed by atoms with Crippen molar-refractivity contribution in [2.45, 2.75) is 24.0 Å². The summed E-state index contributed by atoms with van der Waals surface area (Å²) in [6, 6.07) is 8.86. The first-order valence-corrected chi connectivity index (χ1v) is 9.22. The Balaban J connectivity index is 1.74. The van der Waals surface area contributed by atoms with E-state index in [1.807, 2.05) is 11.0 Å². The lowest BCUT2D eigenvalue weighted by molar-refractivity contribution is -0.137. The number of amides is 1. The molecule has 4 nitrogen and oxygen atoms in total. The average molecular weight is 381 g/mol. The number of carbonyl (C=O) groups is 1. The Morgan fingerprint density at radius 2 is 1.96 bits per heavy atom. The first-order valence-electron chi connectivity index (χ1n) is 8.23. The molecule has 26 heavy (non-hydrogen) atoms. The van der Waals surface area contributed by atoms with Gasteiger partial charge >= 0.3 is 6.18 Å². The number of hydrogen-bond donors (Lipinski definition) is 1. The zero-order chi connectivity index (χ0) is 18.6. The third kappa shape index (κ3) is 4.69. The molecule has 2 aromatic rings. The van der Waals surface area contributed by atoms with Crippen LogP contribution >= 0.6 is 11.8 Å². The van der Waals surface area contributed by atoms with Gasteiger partial charge in [-0.25, -0.2) is 4.98 Å². The molecule has 8 heteroatoms. The second-order valence-electron chi connectivity index (χ2n) is 5.93. The van der Waals surface area contributed by atoms with Crippen LogP contribution in [0.15, 0.2) is 47.6 Å². The molecule has 0 unspecified atom stereocenters. The molecule has 1 aromatic carbocycles. The number of thioether (sulfide) groups is 1. The molecular weight excluding hydrogens is 363 g/mol. The minimum atomic E-state index is -4.41. The lowest BCUT2D eigenvalue weighted by atomic mass is 10.1. The Bertz CT molecular complexity index is 762. The molecule has 0 bridgehead atoms. The molecule has 1 aliphatic heterocycles. The number of rotatable bonds is 5. The van der Waals surface area contributed by atoms with Crippen molar-refractivity contribution in [3.8, 4) is 0 Å². The number of benzene rings is 1. The maximum absolute atomic E-state index is 13.0. The average Bonchev–Trinajstić information content (AvgIpc) is 3.15. The predicted octanol–water partition coefficient (Wildman–Crippen LogP) is 4.43. The first-order chi connectivity index (χ1) is 12.4. The van der Waals surface area contributed by atoms with Gasteiger partial charge in [0.25, 0.3) is 0 Å². The summed E-state index contributed by atoms with van der Waals surface area (Å²) in [4.78, 5) is 18.2. The fourth-order valence-electron chi connectivity index (χ4n) is 2.79. The third-order valence-electron chi connectivity index (χ3n) is 4.03. The van der Waals surface area contributed by atoms with Gasteiger partial charge in [-0.1, -0.05) is 17.8 Å². The summed E-state index contributed by atoms with van der Waals surface area (Å²) >= 11 is 1.28. The number of pyridine rings is 1. The van der Waals surface area contributed by atoms with E-state index in [0.29, 0.717) is 24.5 Å². The summed E-state index contributed by atoms with van der Waals surface area (Å²) in [5.74, 6) is -0.141. The van der Waals surface area contributed by atoms with Gasteiger partial charge in [0.05, 0.1) is 27.7 Å². The number of aromatic nitrogens is 1. The number of nitrogens with one attached hydrogen (secondary N) is 1. The molecule has 1 amide bonds. The van der Waals surface area contributed by atoms with Gasteiger partial charge in [0.2, 0.25) is 5.91 Å². The number of anilines is 2. The van der Waals surface area contributed by atoms with Crippen LogP contribution in [0.4, 0.5) is 24.5 Å². The maximum atomic E-state index is 13.0. The van der Waals surface area contributed by atoms with Crippen molar-refractivity contribution >= 4 is 29.0 Å². The van der Waals surface area contributed by atoms with Crippen LogP contribution in [0.1, 0.15) is 18.4 Å². The summed E-state index contributed by atoms with van der Waals surface area (Å²) in [6.07, 6.45) is -0.911. The predicted molar refractivity (Wildman–Crippen MR) is 96.5 cm³/mol. The highest BCUT2D eigenvalue weighted by atomic mass is 32.2. The van der Waals surface area contributed by atoms with E-state index in [-0.39, 0.29) is 11.7 Å². The van der Waals surface area contributed by atoms with E-state index in [1.165, 1.54) is 17.8 Å². The van der Waals surface area contributed by atoms with E-state index in [9.17, 15) is 18.0 Å². The van der Waals surface area contributed by atoms with Gasteiger partial charge in [0.1, 0.15) is 0 Å². The van der Waals surface area contributed by atoms with Gasteiger partial charge in [-0.15, -0.1) is 0 Å². The van der Waals surface area contributed by atoms with Gasteiger partial charge in [-0.2, -0.15) is 13.2 Å². The van der Waals surface area contributed by atoms with Crippen LogP contribution in [0.25, 0.3) is 0 Å². The molecule has 0 saturated carbocycles. The summed E-state index contributed by atoms with van der Waals surface area (Å²) < 4.78 is 39.1. The van der Waals surface area contributed by atoms with E-state index in [0.717, 1.165) is 30.0 Å². The Morgan fingerprint density at radius 1 is 1.19 bits per heavy atom.